The van der Waals surface area contributed by atoms with E-state index in [1.807, 2.05) is 46.0 Å². The number of hydrogen-bond acceptors (Lipinski definition) is 3. The van der Waals surface area contributed by atoms with Crippen LogP contribution in [0.15, 0.2) is 60.4 Å². The Kier molecular flexibility index (Phi) is 6.10. The number of aromatic nitrogens is 2. The number of carbonyl (C=O) groups excluding carboxylic acids is 1. The number of carbonyl (C=O) groups is 1. The fourth-order valence-electron chi connectivity index (χ4n) is 3.62. The highest BCUT2D eigenvalue weighted by molar-refractivity contribution is 5.95. The minimum absolute atomic E-state index is 0.0439. The number of benzene rings is 1. The van der Waals surface area contributed by atoms with Gasteiger partial charge in [-0.05, 0) is 24.8 Å². The second-order valence-electron chi connectivity index (χ2n) is 6.80. The minimum atomic E-state index is -0.240. The lowest BCUT2D eigenvalue weighted by molar-refractivity contribution is -0.129. The van der Waals surface area contributed by atoms with Gasteiger partial charge in [-0.3, -0.25) is 4.79 Å². The number of imidazole rings is 1. The highest BCUT2D eigenvalue weighted by atomic mass is 16.3. The Labute approximate surface area is 155 Å². The second-order valence-corrected chi connectivity index (χ2v) is 6.80. The normalized spacial score (nSPS) is 17.3. The molecule has 2 aromatic rings. The van der Waals surface area contributed by atoms with E-state index in [9.17, 15) is 9.90 Å². The van der Waals surface area contributed by atoms with Crippen molar-refractivity contribution < 1.29 is 9.90 Å². The van der Waals surface area contributed by atoms with Crippen molar-refractivity contribution in [2.24, 2.45) is 0 Å². The van der Waals surface area contributed by atoms with E-state index < -0.39 is 0 Å². The van der Waals surface area contributed by atoms with Gasteiger partial charge in [0.1, 0.15) is 0 Å². The van der Waals surface area contributed by atoms with Crippen LogP contribution in [0.4, 0.5) is 0 Å². The Morgan fingerprint density at radius 1 is 1.12 bits per heavy atom. The molecule has 0 radical (unpaired) electrons. The van der Waals surface area contributed by atoms with Crippen LogP contribution in [0.25, 0.3) is 0 Å². The summed E-state index contributed by atoms with van der Waals surface area (Å²) in [7, 11) is 0. The molecule has 1 atom stereocenters. The molecule has 1 unspecified atom stereocenters. The van der Waals surface area contributed by atoms with Crippen LogP contribution in [0, 0.1) is 0 Å². The number of aliphatic hydroxyl groups excluding tert-OH is 1. The topological polar surface area (TPSA) is 58.4 Å². The summed E-state index contributed by atoms with van der Waals surface area (Å²) in [6.45, 7) is 3.57. The lowest BCUT2D eigenvalue weighted by atomic mass is 9.95. The van der Waals surface area contributed by atoms with E-state index in [1.165, 1.54) is 0 Å². The molecule has 1 amide bonds. The molecular weight excluding hydrogens is 326 g/mol. The Balaban J connectivity index is 1.77. The van der Waals surface area contributed by atoms with Crippen LogP contribution in [0.5, 0.6) is 0 Å². The van der Waals surface area contributed by atoms with Gasteiger partial charge < -0.3 is 14.6 Å². The molecular formula is C21H27N3O2. The Bertz CT molecular complexity index is 738. The number of rotatable bonds is 9. The van der Waals surface area contributed by atoms with Crippen molar-refractivity contribution in [2.45, 2.75) is 51.6 Å². The molecule has 1 N–H and O–H groups in total. The van der Waals surface area contributed by atoms with Crippen molar-refractivity contribution >= 4 is 5.91 Å². The van der Waals surface area contributed by atoms with Crippen LogP contribution in [0.1, 0.15) is 50.6 Å². The Morgan fingerprint density at radius 3 is 2.62 bits per heavy atom. The van der Waals surface area contributed by atoms with Crippen LogP contribution in [-0.2, 0) is 11.3 Å². The van der Waals surface area contributed by atoms with Gasteiger partial charge in [-0.2, -0.15) is 0 Å². The maximum absolute atomic E-state index is 12.7. The molecule has 26 heavy (non-hydrogen) atoms. The van der Waals surface area contributed by atoms with Crippen molar-refractivity contribution in [2.75, 3.05) is 6.54 Å². The summed E-state index contributed by atoms with van der Waals surface area (Å²) >= 11 is 0. The minimum Gasteiger partial charge on any atom is -0.503 e. The summed E-state index contributed by atoms with van der Waals surface area (Å²) in [6.07, 6.45) is 10.3. The van der Waals surface area contributed by atoms with E-state index in [0.29, 0.717) is 6.54 Å². The van der Waals surface area contributed by atoms with Gasteiger partial charge in [-0.25, -0.2) is 4.98 Å². The lowest BCUT2D eigenvalue weighted by Gasteiger charge is -2.27. The number of unbranched alkanes of at least 4 members (excludes halogenated alkanes) is 2. The zero-order chi connectivity index (χ0) is 18.4. The summed E-state index contributed by atoms with van der Waals surface area (Å²) in [6, 6.07) is 9.89. The van der Waals surface area contributed by atoms with E-state index >= 15 is 0 Å². The fourth-order valence-corrected chi connectivity index (χ4v) is 3.62. The monoisotopic (exact) mass is 353 g/mol. The lowest BCUT2D eigenvalue weighted by Crippen LogP contribution is -2.32. The standard InChI is InChI=1S/C21H27N3O2/c1-2-3-5-11-18-19(17-9-6-4-7-10-17)24(21(26)20(18)25)14-8-13-23-15-12-22-16-23/h4,6-7,9-10,12,15-16,19,25H,2-3,5,8,11,13-14H2,1H3. The molecule has 5 nitrogen and oxygen atoms in total. The number of nitrogens with zero attached hydrogens (tertiary/aromatic N) is 3. The molecule has 1 aromatic heterocycles. The van der Waals surface area contributed by atoms with Gasteiger partial charge in [0.25, 0.3) is 5.91 Å². The molecule has 0 fully saturated rings. The predicted molar refractivity (Wildman–Crippen MR) is 102 cm³/mol. The average molecular weight is 353 g/mol. The summed E-state index contributed by atoms with van der Waals surface area (Å²) in [5.74, 6) is -0.284. The quantitative estimate of drug-likeness (QED) is 0.686. The Morgan fingerprint density at radius 2 is 1.92 bits per heavy atom. The van der Waals surface area contributed by atoms with E-state index in [1.54, 1.807) is 12.5 Å². The number of hydrogen-bond donors (Lipinski definition) is 1. The molecule has 0 spiro atoms. The van der Waals surface area contributed by atoms with Crippen molar-refractivity contribution in [3.05, 3.63) is 65.9 Å². The molecule has 0 aliphatic carbocycles. The van der Waals surface area contributed by atoms with Crippen LogP contribution in [-0.4, -0.2) is 32.0 Å². The van der Waals surface area contributed by atoms with Gasteiger partial charge in [-0.15, -0.1) is 0 Å². The summed E-state index contributed by atoms with van der Waals surface area (Å²) in [4.78, 5) is 18.6. The predicted octanol–water partition coefficient (Wildman–Crippen LogP) is 4.25. The van der Waals surface area contributed by atoms with Crippen LogP contribution >= 0.6 is 0 Å². The molecule has 0 bridgehead atoms. The van der Waals surface area contributed by atoms with Gasteiger partial charge in [-0.1, -0.05) is 50.1 Å². The van der Waals surface area contributed by atoms with E-state index in [0.717, 1.165) is 49.8 Å². The molecule has 5 heteroatoms. The number of aryl methyl sites for hydroxylation is 1. The van der Waals surface area contributed by atoms with Crippen LogP contribution < -0.4 is 0 Å². The van der Waals surface area contributed by atoms with Gasteiger partial charge in [0.2, 0.25) is 0 Å². The highest BCUT2D eigenvalue weighted by Gasteiger charge is 2.39. The third-order valence-electron chi connectivity index (χ3n) is 4.95. The molecule has 1 aliphatic rings. The van der Waals surface area contributed by atoms with Crippen molar-refractivity contribution in [3.63, 3.8) is 0 Å². The zero-order valence-corrected chi connectivity index (χ0v) is 15.3. The van der Waals surface area contributed by atoms with E-state index in [-0.39, 0.29) is 17.7 Å². The average Bonchev–Trinajstić information content (AvgIpc) is 3.26. The first kappa shape index (κ1) is 18.2. The first-order chi connectivity index (χ1) is 12.7. The Hall–Kier alpha value is -2.56. The smallest absolute Gasteiger partial charge is 0.289 e. The third kappa shape index (κ3) is 3.98. The number of aliphatic hydroxyl groups is 1. The van der Waals surface area contributed by atoms with Gasteiger partial charge in [0, 0.05) is 31.1 Å². The summed E-state index contributed by atoms with van der Waals surface area (Å²) in [5, 5.41) is 10.5. The molecule has 0 saturated heterocycles. The zero-order valence-electron chi connectivity index (χ0n) is 15.3. The molecule has 2 heterocycles. The fraction of sp³-hybridized carbons (Fsp3) is 0.429. The first-order valence-corrected chi connectivity index (χ1v) is 9.46. The van der Waals surface area contributed by atoms with E-state index in [2.05, 4.69) is 11.9 Å². The van der Waals surface area contributed by atoms with Crippen molar-refractivity contribution in [1.82, 2.24) is 14.5 Å². The van der Waals surface area contributed by atoms with Gasteiger partial charge in [0.05, 0.1) is 12.4 Å². The van der Waals surface area contributed by atoms with Crippen molar-refractivity contribution in [1.29, 1.82) is 0 Å². The van der Waals surface area contributed by atoms with Crippen molar-refractivity contribution in [3.8, 4) is 0 Å². The summed E-state index contributed by atoms with van der Waals surface area (Å²) in [5.41, 5.74) is 1.94. The largest absolute Gasteiger partial charge is 0.503 e. The SMILES string of the molecule is CCCCCC1=C(O)C(=O)N(CCCn2ccnc2)C1c1ccccc1. The van der Waals surface area contributed by atoms with Gasteiger partial charge in [0.15, 0.2) is 5.76 Å². The maximum atomic E-state index is 12.7. The molecule has 3 rings (SSSR count). The van der Waals surface area contributed by atoms with E-state index in [4.69, 9.17) is 0 Å². The molecule has 1 aromatic carbocycles. The second kappa shape index (κ2) is 8.70. The molecule has 0 saturated carbocycles. The van der Waals surface area contributed by atoms with Crippen LogP contribution in [0.3, 0.4) is 0 Å². The van der Waals surface area contributed by atoms with Gasteiger partial charge >= 0.3 is 0 Å². The third-order valence-corrected chi connectivity index (χ3v) is 4.95. The highest BCUT2D eigenvalue weighted by Crippen LogP contribution is 2.39. The molecule has 138 valence electrons. The summed E-state index contributed by atoms with van der Waals surface area (Å²) < 4.78 is 2.01. The number of amides is 1. The van der Waals surface area contributed by atoms with Crippen LogP contribution in [0.2, 0.25) is 0 Å². The first-order valence-electron chi connectivity index (χ1n) is 9.46. The molecule has 1 aliphatic heterocycles. The maximum Gasteiger partial charge on any atom is 0.289 e.